The lowest BCUT2D eigenvalue weighted by molar-refractivity contribution is 0.362. The summed E-state index contributed by atoms with van der Waals surface area (Å²) >= 11 is 4.02. The highest BCUT2D eigenvalue weighted by Gasteiger charge is 2.17. The van der Waals surface area contributed by atoms with Crippen LogP contribution in [0.4, 0.5) is 0 Å². The highest BCUT2D eigenvalue weighted by atomic mass is 32.2. The SMILES string of the molecule is CC1=NCC(SCCN2CCCC2)S1. The van der Waals surface area contributed by atoms with E-state index in [0.29, 0.717) is 4.58 Å². The van der Waals surface area contributed by atoms with Gasteiger partial charge in [0.1, 0.15) is 0 Å². The molecular weight excluding hydrogens is 212 g/mol. The van der Waals surface area contributed by atoms with Crippen molar-refractivity contribution in [1.29, 1.82) is 0 Å². The van der Waals surface area contributed by atoms with Crippen LogP contribution in [0.3, 0.4) is 0 Å². The second kappa shape index (κ2) is 5.42. The summed E-state index contributed by atoms with van der Waals surface area (Å²) in [6.45, 7) is 7.08. The van der Waals surface area contributed by atoms with Gasteiger partial charge in [-0.3, -0.25) is 4.99 Å². The van der Waals surface area contributed by atoms with Gasteiger partial charge in [0.15, 0.2) is 0 Å². The molecule has 0 N–H and O–H groups in total. The van der Waals surface area contributed by atoms with Crippen LogP contribution in [0, 0.1) is 0 Å². The quantitative estimate of drug-likeness (QED) is 0.737. The maximum Gasteiger partial charge on any atom is 0.0756 e. The normalized spacial score (nSPS) is 28.4. The van der Waals surface area contributed by atoms with Gasteiger partial charge in [0.25, 0.3) is 0 Å². The summed E-state index contributed by atoms with van der Waals surface area (Å²) in [7, 11) is 0. The van der Waals surface area contributed by atoms with Crippen LogP contribution >= 0.6 is 23.5 Å². The monoisotopic (exact) mass is 230 g/mol. The maximum absolute atomic E-state index is 4.41. The van der Waals surface area contributed by atoms with Crippen LogP contribution in [0.15, 0.2) is 4.99 Å². The summed E-state index contributed by atoms with van der Waals surface area (Å²) in [6, 6.07) is 0. The fraction of sp³-hybridized carbons (Fsp3) is 0.900. The molecule has 2 heterocycles. The molecule has 1 unspecified atom stereocenters. The summed E-state index contributed by atoms with van der Waals surface area (Å²) in [5.41, 5.74) is 0. The van der Waals surface area contributed by atoms with Gasteiger partial charge in [-0.15, -0.1) is 11.8 Å². The summed E-state index contributed by atoms with van der Waals surface area (Å²) in [6.07, 6.45) is 2.82. The summed E-state index contributed by atoms with van der Waals surface area (Å²) in [5.74, 6) is 1.28. The molecule has 0 bridgehead atoms. The minimum Gasteiger partial charge on any atom is -0.303 e. The van der Waals surface area contributed by atoms with Gasteiger partial charge < -0.3 is 4.90 Å². The Hall–Kier alpha value is 0.330. The molecule has 2 rings (SSSR count). The van der Waals surface area contributed by atoms with E-state index in [9.17, 15) is 0 Å². The van der Waals surface area contributed by atoms with Crippen molar-refractivity contribution in [2.75, 3.05) is 31.9 Å². The van der Waals surface area contributed by atoms with Crippen molar-refractivity contribution in [2.45, 2.75) is 24.3 Å². The highest BCUT2D eigenvalue weighted by molar-refractivity contribution is 8.25. The van der Waals surface area contributed by atoms with Crippen LogP contribution < -0.4 is 0 Å². The van der Waals surface area contributed by atoms with E-state index in [1.54, 1.807) is 0 Å². The molecular formula is C10H18N2S2. The number of rotatable bonds is 4. The summed E-state index contributed by atoms with van der Waals surface area (Å²) < 4.78 is 0.706. The third kappa shape index (κ3) is 3.17. The average molecular weight is 230 g/mol. The average Bonchev–Trinajstić information content (AvgIpc) is 2.77. The largest absolute Gasteiger partial charge is 0.303 e. The molecule has 2 nitrogen and oxygen atoms in total. The number of hydrogen-bond donors (Lipinski definition) is 0. The van der Waals surface area contributed by atoms with Crippen molar-refractivity contribution < 1.29 is 0 Å². The first-order chi connectivity index (χ1) is 6.84. The summed E-state index contributed by atoms with van der Waals surface area (Å²) in [5, 5.41) is 1.27. The zero-order valence-corrected chi connectivity index (χ0v) is 10.4. The van der Waals surface area contributed by atoms with Gasteiger partial charge in [0, 0.05) is 12.3 Å². The van der Waals surface area contributed by atoms with E-state index in [1.807, 2.05) is 11.8 Å². The smallest absolute Gasteiger partial charge is 0.0756 e. The molecule has 1 atom stereocenters. The molecule has 0 aromatic heterocycles. The van der Waals surface area contributed by atoms with Crippen molar-refractivity contribution in [1.82, 2.24) is 4.90 Å². The molecule has 4 heteroatoms. The van der Waals surface area contributed by atoms with Crippen LogP contribution in [0.2, 0.25) is 0 Å². The van der Waals surface area contributed by atoms with E-state index < -0.39 is 0 Å². The second-order valence-electron chi connectivity index (χ2n) is 3.83. The van der Waals surface area contributed by atoms with E-state index in [4.69, 9.17) is 0 Å². The fourth-order valence-electron chi connectivity index (χ4n) is 1.87. The van der Waals surface area contributed by atoms with Crippen molar-refractivity contribution in [3.63, 3.8) is 0 Å². The van der Waals surface area contributed by atoms with E-state index in [-0.39, 0.29) is 0 Å². The third-order valence-corrected chi connectivity index (χ3v) is 5.19. The minimum absolute atomic E-state index is 0.706. The third-order valence-electron chi connectivity index (χ3n) is 2.67. The Balaban J connectivity index is 1.55. The second-order valence-corrected chi connectivity index (χ2v) is 6.83. The number of nitrogens with zero attached hydrogens (tertiary/aromatic N) is 2. The van der Waals surface area contributed by atoms with Gasteiger partial charge >= 0.3 is 0 Å². The predicted molar refractivity (Wildman–Crippen MR) is 67.5 cm³/mol. The predicted octanol–water partition coefficient (Wildman–Crippen LogP) is 2.31. The standard InChI is InChI=1S/C10H18N2S2/c1-9-11-8-10(14-9)13-7-6-12-4-2-3-5-12/h10H,2-8H2,1H3. The molecule has 0 spiro atoms. The molecule has 80 valence electrons. The molecule has 1 saturated heterocycles. The number of thioether (sulfide) groups is 2. The molecule has 1 fully saturated rings. The lowest BCUT2D eigenvalue weighted by Crippen LogP contribution is -2.22. The maximum atomic E-state index is 4.41. The Morgan fingerprint density at radius 3 is 2.93 bits per heavy atom. The Morgan fingerprint density at radius 2 is 2.29 bits per heavy atom. The first-order valence-electron chi connectivity index (χ1n) is 5.36. The highest BCUT2D eigenvalue weighted by Crippen LogP contribution is 2.30. The van der Waals surface area contributed by atoms with Crippen LogP contribution in [-0.2, 0) is 0 Å². The van der Waals surface area contributed by atoms with Crippen LogP contribution in [0.25, 0.3) is 0 Å². The Morgan fingerprint density at radius 1 is 1.50 bits per heavy atom. The molecule has 0 aliphatic carbocycles. The number of likely N-dealkylation sites (tertiary alicyclic amines) is 1. The zero-order valence-electron chi connectivity index (χ0n) is 8.74. The van der Waals surface area contributed by atoms with Crippen molar-refractivity contribution in [2.24, 2.45) is 4.99 Å². The van der Waals surface area contributed by atoms with Crippen molar-refractivity contribution in [3.8, 4) is 0 Å². The lowest BCUT2D eigenvalue weighted by Gasteiger charge is -2.15. The Bertz CT molecular complexity index is 212. The van der Waals surface area contributed by atoms with E-state index >= 15 is 0 Å². The molecule has 0 aromatic rings. The zero-order chi connectivity index (χ0) is 9.80. The van der Waals surface area contributed by atoms with Crippen LogP contribution in [-0.4, -0.2) is 46.5 Å². The Kier molecular flexibility index (Phi) is 4.20. The molecule has 2 aliphatic rings. The van der Waals surface area contributed by atoms with E-state index in [1.165, 1.54) is 43.3 Å². The Labute approximate surface area is 94.9 Å². The fourth-order valence-corrected chi connectivity index (χ4v) is 4.34. The molecule has 2 aliphatic heterocycles. The van der Waals surface area contributed by atoms with Gasteiger partial charge in [-0.25, -0.2) is 0 Å². The first-order valence-corrected chi connectivity index (χ1v) is 7.29. The van der Waals surface area contributed by atoms with Gasteiger partial charge in [-0.2, -0.15) is 0 Å². The van der Waals surface area contributed by atoms with Crippen LogP contribution in [0.5, 0.6) is 0 Å². The molecule has 14 heavy (non-hydrogen) atoms. The van der Waals surface area contributed by atoms with Crippen molar-refractivity contribution >= 4 is 28.6 Å². The summed E-state index contributed by atoms with van der Waals surface area (Å²) in [4.78, 5) is 7.00. The van der Waals surface area contributed by atoms with Gasteiger partial charge in [-0.1, -0.05) is 11.8 Å². The molecule has 0 amide bonds. The topological polar surface area (TPSA) is 15.6 Å². The van der Waals surface area contributed by atoms with Crippen molar-refractivity contribution in [3.05, 3.63) is 0 Å². The van der Waals surface area contributed by atoms with Crippen LogP contribution in [0.1, 0.15) is 19.8 Å². The van der Waals surface area contributed by atoms with Gasteiger partial charge in [0.2, 0.25) is 0 Å². The first kappa shape index (κ1) is 10.8. The molecule has 0 saturated carbocycles. The van der Waals surface area contributed by atoms with E-state index in [2.05, 4.69) is 28.6 Å². The molecule has 0 radical (unpaired) electrons. The number of aliphatic imine (C=N–C) groups is 1. The lowest BCUT2D eigenvalue weighted by atomic mass is 10.4. The van der Waals surface area contributed by atoms with Gasteiger partial charge in [0.05, 0.1) is 16.2 Å². The minimum atomic E-state index is 0.706. The number of hydrogen-bond acceptors (Lipinski definition) is 4. The van der Waals surface area contributed by atoms with E-state index in [0.717, 1.165) is 6.54 Å². The molecule has 0 aromatic carbocycles. The van der Waals surface area contributed by atoms with Gasteiger partial charge in [-0.05, 0) is 32.9 Å².